The Balaban J connectivity index is 2.24. The molecule has 1 aromatic carbocycles. The molecule has 1 aromatic rings. The number of rotatable bonds is 6. The van der Waals surface area contributed by atoms with Crippen molar-refractivity contribution in [2.45, 2.75) is 19.4 Å². The van der Waals surface area contributed by atoms with Crippen molar-refractivity contribution < 1.29 is 13.6 Å². The number of carbonyl (C=O) groups excluding carboxylic acids is 1. The van der Waals surface area contributed by atoms with Crippen LogP contribution in [0.5, 0.6) is 0 Å². The Kier molecular flexibility index (Phi) is 5.56. The van der Waals surface area contributed by atoms with Crippen LogP contribution >= 0.6 is 0 Å². The Hall–Kier alpha value is -1.49. The van der Waals surface area contributed by atoms with Crippen molar-refractivity contribution >= 4 is 5.91 Å². The molecule has 0 bridgehead atoms. The van der Waals surface area contributed by atoms with Crippen LogP contribution in [0.25, 0.3) is 0 Å². The van der Waals surface area contributed by atoms with Gasteiger partial charge in [0.1, 0.15) is 11.6 Å². The maximum atomic E-state index is 13.2. The molecule has 3 nitrogen and oxygen atoms in total. The van der Waals surface area contributed by atoms with Crippen LogP contribution in [-0.2, 0) is 11.3 Å². The molecule has 0 heterocycles. The van der Waals surface area contributed by atoms with Gasteiger partial charge in [-0.2, -0.15) is 0 Å². The fraction of sp³-hybridized carbons (Fsp3) is 0.417. The molecule has 0 unspecified atom stereocenters. The highest BCUT2D eigenvalue weighted by molar-refractivity contribution is 5.75. The summed E-state index contributed by atoms with van der Waals surface area (Å²) in [6.07, 6.45) is 1.12. The van der Waals surface area contributed by atoms with Crippen LogP contribution in [0.15, 0.2) is 18.2 Å². The quantitative estimate of drug-likeness (QED) is 0.744. The van der Waals surface area contributed by atoms with Gasteiger partial charge in [0.25, 0.3) is 0 Å². The maximum absolute atomic E-state index is 13.2. The molecule has 0 fully saturated rings. The van der Waals surface area contributed by atoms with Gasteiger partial charge in [-0.25, -0.2) is 8.78 Å². The highest BCUT2D eigenvalue weighted by Crippen LogP contribution is 2.08. The molecule has 0 aliphatic carbocycles. The summed E-state index contributed by atoms with van der Waals surface area (Å²) in [6.45, 7) is 0.949. The molecular weight excluding hydrogens is 226 g/mol. The molecule has 2 N–H and O–H groups in total. The number of benzene rings is 1. The summed E-state index contributed by atoms with van der Waals surface area (Å²) in [7, 11) is 1.59. The first kappa shape index (κ1) is 13.6. The standard InChI is InChI=1S/C12H16F2N2O/c1-15-12(17)3-2-6-16-8-9-4-5-10(13)7-11(9)14/h4-5,7,16H,2-3,6,8H2,1H3,(H,15,17). The van der Waals surface area contributed by atoms with E-state index >= 15 is 0 Å². The molecule has 0 saturated carbocycles. The molecule has 94 valence electrons. The minimum atomic E-state index is -0.578. The lowest BCUT2D eigenvalue weighted by Crippen LogP contribution is -2.21. The second kappa shape index (κ2) is 6.96. The summed E-state index contributed by atoms with van der Waals surface area (Å²) in [6, 6.07) is 3.50. The van der Waals surface area contributed by atoms with Crippen LogP contribution in [-0.4, -0.2) is 19.5 Å². The van der Waals surface area contributed by atoms with Gasteiger partial charge in [0, 0.05) is 31.6 Å². The van der Waals surface area contributed by atoms with E-state index < -0.39 is 11.6 Å². The Bertz CT molecular complexity index is 383. The SMILES string of the molecule is CNC(=O)CCCNCc1ccc(F)cc1F. The van der Waals surface area contributed by atoms with E-state index in [1.165, 1.54) is 12.1 Å². The van der Waals surface area contributed by atoms with Crippen LogP contribution in [0.1, 0.15) is 18.4 Å². The van der Waals surface area contributed by atoms with Crippen LogP contribution < -0.4 is 10.6 Å². The average Bonchev–Trinajstić information content (AvgIpc) is 2.30. The summed E-state index contributed by atoms with van der Waals surface area (Å²) in [4.78, 5) is 10.9. The predicted molar refractivity (Wildman–Crippen MR) is 61.4 cm³/mol. The van der Waals surface area contributed by atoms with Crippen molar-refractivity contribution in [2.24, 2.45) is 0 Å². The number of carbonyl (C=O) groups is 1. The third-order valence-corrected chi connectivity index (χ3v) is 2.37. The van der Waals surface area contributed by atoms with Gasteiger partial charge in [0.2, 0.25) is 5.91 Å². The number of amides is 1. The van der Waals surface area contributed by atoms with Crippen LogP contribution in [0.3, 0.4) is 0 Å². The second-order valence-corrected chi connectivity index (χ2v) is 3.69. The number of halogens is 2. The first-order valence-electron chi connectivity index (χ1n) is 5.48. The molecule has 17 heavy (non-hydrogen) atoms. The third kappa shape index (κ3) is 4.91. The van der Waals surface area contributed by atoms with Crippen molar-refractivity contribution in [3.8, 4) is 0 Å². The van der Waals surface area contributed by atoms with Gasteiger partial charge in [-0.15, -0.1) is 0 Å². The largest absolute Gasteiger partial charge is 0.359 e. The lowest BCUT2D eigenvalue weighted by Gasteiger charge is -2.05. The highest BCUT2D eigenvalue weighted by atomic mass is 19.1. The van der Waals surface area contributed by atoms with Crippen molar-refractivity contribution in [3.05, 3.63) is 35.4 Å². The summed E-state index contributed by atoms with van der Waals surface area (Å²) >= 11 is 0. The van der Waals surface area contributed by atoms with E-state index in [0.717, 1.165) is 6.07 Å². The molecule has 0 radical (unpaired) electrons. The van der Waals surface area contributed by atoms with E-state index in [9.17, 15) is 13.6 Å². The van der Waals surface area contributed by atoms with Gasteiger partial charge in [-0.05, 0) is 19.0 Å². The van der Waals surface area contributed by atoms with E-state index in [1.807, 2.05) is 0 Å². The lowest BCUT2D eigenvalue weighted by molar-refractivity contribution is -0.120. The topological polar surface area (TPSA) is 41.1 Å². The van der Waals surface area contributed by atoms with Crippen molar-refractivity contribution in [1.82, 2.24) is 10.6 Å². The third-order valence-electron chi connectivity index (χ3n) is 2.37. The lowest BCUT2D eigenvalue weighted by atomic mass is 10.2. The number of hydrogen-bond acceptors (Lipinski definition) is 2. The molecule has 0 aliphatic heterocycles. The molecule has 0 saturated heterocycles. The zero-order chi connectivity index (χ0) is 12.7. The van der Waals surface area contributed by atoms with Crippen LogP contribution in [0, 0.1) is 11.6 Å². The fourth-order valence-corrected chi connectivity index (χ4v) is 1.39. The molecule has 1 rings (SSSR count). The Labute approximate surface area is 99.2 Å². The van der Waals surface area contributed by atoms with E-state index in [1.54, 1.807) is 7.05 Å². The molecule has 0 spiro atoms. The Morgan fingerprint density at radius 3 is 2.76 bits per heavy atom. The maximum Gasteiger partial charge on any atom is 0.219 e. The Morgan fingerprint density at radius 2 is 2.12 bits per heavy atom. The van der Waals surface area contributed by atoms with Gasteiger partial charge >= 0.3 is 0 Å². The summed E-state index contributed by atoms with van der Waals surface area (Å²) < 4.78 is 25.8. The van der Waals surface area contributed by atoms with Crippen LogP contribution in [0.4, 0.5) is 8.78 Å². The van der Waals surface area contributed by atoms with E-state index in [4.69, 9.17) is 0 Å². The predicted octanol–water partition coefficient (Wildman–Crippen LogP) is 1.58. The molecule has 0 aromatic heterocycles. The van der Waals surface area contributed by atoms with Crippen LogP contribution in [0.2, 0.25) is 0 Å². The summed E-state index contributed by atoms with van der Waals surface area (Å²) in [5.74, 6) is -1.14. The van der Waals surface area contributed by atoms with Crippen molar-refractivity contribution in [2.75, 3.05) is 13.6 Å². The zero-order valence-electron chi connectivity index (χ0n) is 9.72. The van der Waals surface area contributed by atoms with E-state index in [-0.39, 0.29) is 5.91 Å². The molecule has 5 heteroatoms. The average molecular weight is 242 g/mol. The van der Waals surface area contributed by atoms with Crippen molar-refractivity contribution in [1.29, 1.82) is 0 Å². The minimum Gasteiger partial charge on any atom is -0.359 e. The van der Waals surface area contributed by atoms with Gasteiger partial charge in [0.05, 0.1) is 0 Å². The smallest absolute Gasteiger partial charge is 0.219 e. The van der Waals surface area contributed by atoms with Gasteiger partial charge < -0.3 is 10.6 Å². The summed E-state index contributed by atoms with van der Waals surface area (Å²) in [5, 5.41) is 5.52. The van der Waals surface area contributed by atoms with E-state index in [2.05, 4.69) is 10.6 Å². The van der Waals surface area contributed by atoms with Crippen molar-refractivity contribution in [3.63, 3.8) is 0 Å². The zero-order valence-corrected chi connectivity index (χ0v) is 9.72. The number of nitrogens with one attached hydrogen (secondary N) is 2. The minimum absolute atomic E-state index is 0.0141. The van der Waals surface area contributed by atoms with Gasteiger partial charge in [-0.3, -0.25) is 4.79 Å². The first-order valence-corrected chi connectivity index (χ1v) is 5.48. The highest BCUT2D eigenvalue weighted by Gasteiger charge is 2.03. The normalized spacial score (nSPS) is 10.3. The summed E-state index contributed by atoms with van der Waals surface area (Å²) in [5.41, 5.74) is 0.423. The molecule has 1 amide bonds. The second-order valence-electron chi connectivity index (χ2n) is 3.69. The van der Waals surface area contributed by atoms with Gasteiger partial charge in [0.15, 0.2) is 0 Å². The monoisotopic (exact) mass is 242 g/mol. The first-order chi connectivity index (χ1) is 8.13. The number of hydrogen-bond donors (Lipinski definition) is 2. The molecular formula is C12H16F2N2O. The van der Waals surface area contributed by atoms with E-state index in [0.29, 0.717) is 31.5 Å². The fourth-order valence-electron chi connectivity index (χ4n) is 1.39. The Morgan fingerprint density at radius 1 is 1.35 bits per heavy atom. The van der Waals surface area contributed by atoms with Gasteiger partial charge in [-0.1, -0.05) is 6.07 Å². The molecule has 0 atom stereocenters. The molecule has 0 aliphatic rings.